The minimum absolute atomic E-state index is 0.0180. The normalized spacial score (nSPS) is 23.2. The summed E-state index contributed by atoms with van der Waals surface area (Å²) in [7, 11) is 0. The maximum Gasteiger partial charge on any atom is 0.313 e. The van der Waals surface area contributed by atoms with Crippen molar-refractivity contribution < 1.29 is 24.9 Å². The molecule has 0 aliphatic heterocycles. The highest BCUT2D eigenvalue weighted by Crippen LogP contribution is 2.45. The third-order valence-electron chi connectivity index (χ3n) is 6.13. The number of thioether (sulfide) groups is 2. The van der Waals surface area contributed by atoms with Gasteiger partial charge in [0.15, 0.2) is 5.78 Å². The predicted molar refractivity (Wildman–Crippen MR) is 144 cm³/mol. The van der Waals surface area contributed by atoms with Crippen molar-refractivity contribution in [3.8, 4) is 0 Å². The van der Waals surface area contributed by atoms with Gasteiger partial charge in [-0.15, -0.1) is 23.1 Å². The SMILES string of the molecule is CC1(C)C(=O)[C@H](SCCCSCC(=O)O)[C@@H](C=CC(O)CCc2sc3ccccc3c2Cl)[C@@H]1O. The molecule has 1 aliphatic carbocycles. The number of ketones is 1. The van der Waals surface area contributed by atoms with E-state index in [-0.39, 0.29) is 22.7 Å². The zero-order valence-corrected chi connectivity index (χ0v) is 22.5. The van der Waals surface area contributed by atoms with E-state index in [9.17, 15) is 19.8 Å². The van der Waals surface area contributed by atoms with E-state index in [1.54, 1.807) is 37.3 Å². The molecule has 1 aromatic carbocycles. The molecule has 0 radical (unpaired) electrons. The summed E-state index contributed by atoms with van der Waals surface area (Å²) in [5.74, 6) is 0.321. The molecular weight excluding hydrogens is 512 g/mol. The van der Waals surface area contributed by atoms with Crippen LogP contribution >= 0.6 is 46.5 Å². The van der Waals surface area contributed by atoms with Crippen molar-refractivity contribution in [2.75, 3.05) is 17.3 Å². The Bertz CT molecular complexity index is 1030. The number of carboxylic acids is 1. The number of hydrogen-bond donors (Lipinski definition) is 3. The van der Waals surface area contributed by atoms with Gasteiger partial charge in [-0.1, -0.05) is 55.8 Å². The van der Waals surface area contributed by atoms with Crippen molar-refractivity contribution in [1.82, 2.24) is 0 Å². The summed E-state index contributed by atoms with van der Waals surface area (Å²) in [5.41, 5.74) is -0.847. The number of fused-ring (bicyclic) bond motifs is 1. The molecular formula is C25H31ClO5S3. The van der Waals surface area contributed by atoms with Crippen LogP contribution in [0, 0.1) is 11.3 Å². The smallest absolute Gasteiger partial charge is 0.313 e. The van der Waals surface area contributed by atoms with E-state index in [1.807, 2.05) is 24.3 Å². The molecule has 2 aromatic rings. The summed E-state index contributed by atoms with van der Waals surface area (Å²) in [6.07, 6.45) is 3.91. The third-order valence-corrected chi connectivity index (χ3v) is 10.3. The Morgan fingerprint density at radius 3 is 2.74 bits per heavy atom. The van der Waals surface area contributed by atoms with Crippen molar-refractivity contribution >= 4 is 68.3 Å². The predicted octanol–water partition coefficient (Wildman–Crippen LogP) is 5.30. The maximum absolute atomic E-state index is 13.0. The number of carboxylic acid groups (broad SMARTS) is 1. The molecule has 34 heavy (non-hydrogen) atoms. The van der Waals surface area contributed by atoms with Gasteiger partial charge in [-0.2, -0.15) is 11.8 Å². The number of aryl methyl sites for hydroxylation is 1. The van der Waals surface area contributed by atoms with Crippen LogP contribution in [0.4, 0.5) is 0 Å². The first-order valence-electron chi connectivity index (χ1n) is 11.3. The largest absolute Gasteiger partial charge is 0.481 e. The average Bonchev–Trinajstić information content (AvgIpc) is 3.20. The summed E-state index contributed by atoms with van der Waals surface area (Å²) in [6.45, 7) is 3.54. The molecule has 3 rings (SSSR count). The zero-order valence-electron chi connectivity index (χ0n) is 19.3. The third kappa shape index (κ3) is 6.59. The van der Waals surface area contributed by atoms with Gasteiger partial charge in [0.05, 0.1) is 33.6 Å². The van der Waals surface area contributed by atoms with Gasteiger partial charge in [-0.25, -0.2) is 0 Å². The van der Waals surface area contributed by atoms with E-state index in [0.717, 1.165) is 26.4 Å². The minimum Gasteiger partial charge on any atom is -0.481 e. The van der Waals surface area contributed by atoms with Crippen LogP contribution in [0.25, 0.3) is 10.1 Å². The van der Waals surface area contributed by atoms with Gasteiger partial charge in [0, 0.05) is 20.9 Å². The van der Waals surface area contributed by atoms with Gasteiger partial charge in [-0.3, -0.25) is 9.59 Å². The molecule has 1 unspecified atom stereocenters. The maximum atomic E-state index is 13.0. The Morgan fingerprint density at radius 1 is 1.29 bits per heavy atom. The Hall–Kier alpha value is -1.03. The first-order valence-corrected chi connectivity index (χ1v) is 14.7. The molecule has 1 aromatic heterocycles. The number of carbonyl (C=O) groups is 2. The van der Waals surface area contributed by atoms with Crippen LogP contribution in [0.3, 0.4) is 0 Å². The van der Waals surface area contributed by atoms with Crippen molar-refractivity contribution in [1.29, 1.82) is 0 Å². The van der Waals surface area contributed by atoms with Crippen LogP contribution in [-0.2, 0) is 16.0 Å². The van der Waals surface area contributed by atoms with Gasteiger partial charge in [0.25, 0.3) is 0 Å². The topological polar surface area (TPSA) is 94.8 Å². The average molecular weight is 543 g/mol. The fourth-order valence-corrected chi connectivity index (χ4v) is 7.99. The first-order chi connectivity index (χ1) is 16.1. The number of rotatable bonds is 12. The van der Waals surface area contributed by atoms with Gasteiger partial charge < -0.3 is 15.3 Å². The summed E-state index contributed by atoms with van der Waals surface area (Å²) in [6, 6.07) is 7.97. The highest BCUT2D eigenvalue weighted by Gasteiger charge is 2.53. The zero-order chi connectivity index (χ0) is 24.9. The molecule has 1 aliphatic rings. The molecule has 4 atom stereocenters. The van der Waals surface area contributed by atoms with Crippen LogP contribution in [0.5, 0.6) is 0 Å². The molecule has 0 amide bonds. The van der Waals surface area contributed by atoms with Crippen LogP contribution < -0.4 is 0 Å². The highest BCUT2D eigenvalue weighted by atomic mass is 35.5. The van der Waals surface area contributed by atoms with E-state index in [1.165, 1.54) is 23.5 Å². The Balaban J connectivity index is 1.57. The second kappa shape index (κ2) is 12.3. The monoisotopic (exact) mass is 542 g/mol. The lowest BCUT2D eigenvalue weighted by Gasteiger charge is -2.22. The first kappa shape index (κ1) is 27.6. The quantitative estimate of drug-likeness (QED) is 0.247. The highest BCUT2D eigenvalue weighted by molar-refractivity contribution is 8.01. The lowest BCUT2D eigenvalue weighted by atomic mass is 9.86. The molecule has 5 nitrogen and oxygen atoms in total. The molecule has 1 saturated carbocycles. The van der Waals surface area contributed by atoms with E-state index in [0.29, 0.717) is 24.3 Å². The summed E-state index contributed by atoms with van der Waals surface area (Å²) in [5, 5.41) is 31.5. The fraction of sp³-hybridized carbons (Fsp3) is 0.520. The van der Waals surface area contributed by atoms with Crippen LogP contribution in [0.1, 0.15) is 31.6 Å². The van der Waals surface area contributed by atoms with Gasteiger partial charge >= 0.3 is 5.97 Å². The van der Waals surface area contributed by atoms with Crippen LogP contribution in [-0.4, -0.2) is 61.8 Å². The number of halogens is 1. The number of aliphatic hydroxyl groups is 2. The fourth-order valence-electron chi connectivity index (χ4n) is 4.11. The van der Waals surface area contributed by atoms with E-state index < -0.39 is 23.6 Å². The number of aliphatic carboxylic acids is 1. The molecule has 0 bridgehead atoms. The van der Waals surface area contributed by atoms with E-state index in [2.05, 4.69) is 0 Å². The number of thiophene rings is 1. The second-order valence-electron chi connectivity index (χ2n) is 9.03. The Kier molecular flexibility index (Phi) is 9.95. The number of hydrogen-bond acceptors (Lipinski definition) is 7. The van der Waals surface area contributed by atoms with Crippen molar-refractivity contribution in [3.05, 3.63) is 46.3 Å². The van der Waals surface area contributed by atoms with Crippen LogP contribution in [0.15, 0.2) is 36.4 Å². The van der Waals surface area contributed by atoms with Gasteiger partial charge in [0.2, 0.25) is 0 Å². The van der Waals surface area contributed by atoms with Gasteiger partial charge in [-0.05, 0) is 36.8 Å². The Morgan fingerprint density at radius 2 is 2.03 bits per heavy atom. The minimum atomic E-state index is -0.847. The number of carbonyl (C=O) groups excluding carboxylic acids is 1. The van der Waals surface area contributed by atoms with E-state index in [4.69, 9.17) is 16.7 Å². The van der Waals surface area contributed by atoms with E-state index >= 15 is 0 Å². The number of benzene rings is 1. The molecule has 1 heterocycles. The van der Waals surface area contributed by atoms with Crippen molar-refractivity contribution in [3.63, 3.8) is 0 Å². The Labute approximate surface area is 218 Å². The summed E-state index contributed by atoms with van der Waals surface area (Å²) in [4.78, 5) is 24.6. The molecule has 0 spiro atoms. The summed E-state index contributed by atoms with van der Waals surface area (Å²) < 4.78 is 1.13. The molecule has 0 saturated heterocycles. The lowest BCUT2D eigenvalue weighted by Crippen LogP contribution is -2.31. The van der Waals surface area contributed by atoms with Crippen molar-refractivity contribution in [2.45, 2.75) is 50.6 Å². The lowest BCUT2D eigenvalue weighted by molar-refractivity contribution is -0.134. The molecule has 186 valence electrons. The summed E-state index contributed by atoms with van der Waals surface area (Å²) >= 11 is 11.0. The van der Waals surface area contributed by atoms with Crippen molar-refractivity contribution in [2.24, 2.45) is 11.3 Å². The molecule has 9 heteroatoms. The molecule has 1 fully saturated rings. The second-order valence-corrected chi connectivity index (χ2v) is 12.9. The number of aliphatic hydroxyl groups excluding tert-OH is 2. The van der Waals surface area contributed by atoms with Gasteiger partial charge in [0.1, 0.15) is 0 Å². The molecule has 3 N–H and O–H groups in total. The standard InChI is InChI=1S/C25H31ClO5S3/c1-25(2)23(30)17(22(24(25)31)33-13-5-12-32-14-20(28)29)10-8-15(27)9-11-19-21(26)16-6-3-4-7-18(16)34-19/h3-4,6-8,10,15,17,22-23,27,30H,5,9,11-14H2,1-2H3,(H,28,29)/t15?,17-,22-,23+/m1/s1. The van der Waals surface area contributed by atoms with Crippen LogP contribution in [0.2, 0.25) is 5.02 Å². The number of Topliss-reactive ketones (excluding diaryl/α,β-unsaturated/α-hetero) is 1.